The van der Waals surface area contributed by atoms with Crippen molar-refractivity contribution in [1.82, 2.24) is 10.3 Å². The molecule has 0 aliphatic carbocycles. The van der Waals surface area contributed by atoms with Gasteiger partial charge in [0.25, 0.3) is 5.91 Å². The van der Waals surface area contributed by atoms with E-state index in [0.717, 1.165) is 11.1 Å². The fourth-order valence-electron chi connectivity index (χ4n) is 2.18. The van der Waals surface area contributed by atoms with E-state index in [1.54, 1.807) is 0 Å². The van der Waals surface area contributed by atoms with E-state index in [2.05, 4.69) is 15.3 Å². The minimum Gasteiger partial charge on any atom is -0.422 e. The number of thioether (sulfide) groups is 1. The maximum Gasteiger partial charge on any atom is 0.325 e. The van der Waals surface area contributed by atoms with Crippen molar-refractivity contribution in [1.29, 1.82) is 0 Å². The molecule has 2 heterocycles. The van der Waals surface area contributed by atoms with Gasteiger partial charge in [0, 0.05) is 0 Å². The molecule has 1 aliphatic rings. The molecule has 3 aromatic rings. The van der Waals surface area contributed by atoms with E-state index in [0.29, 0.717) is 15.7 Å². The fourth-order valence-corrected chi connectivity index (χ4v) is 2.99. The smallest absolute Gasteiger partial charge is 0.325 e. The van der Waals surface area contributed by atoms with Gasteiger partial charge in [-0.05, 0) is 35.5 Å². The summed E-state index contributed by atoms with van der Waals surface area (Å²) in [5.41, 5.74) is 2.37. The Morgan fingerprint density at radius 3 is 2.70 bits per heavy atom. The fraction of sp³-hybridized carbons (Fsp3) is 0. The van der Waals surface area contributed by atoms with Crippen molar-refractivity contribution in [2.24, 2.45) is 4.99 Å². The number of nitrogens with one attached hydrogen (secondary N) is 1. The number of oxazole rings is 1. The van der Waals surface area contributed by atoms with Crippen LogP contribution in [0.25, 0.3) is 17.2 Å². The molecule has 0 spiro atoms. The van der Waals surface area contributed by atoms with Gasteiger partial charge in [-0.15, -0.1) is 0 Å². The topological polar surface area (TPSA) is 67.5 Å². The lowest BCUT2D eigenvalue weighted by Crippen LogP contribution is -2.19. The average Bonchev–Trinajstić information content (AvgIpc) is 3.11. The second-order valence-corrected chi connectivity index (χ2v) is 5.89. The Hall–Kier alpha value is -2.86. The second-order valence-electron chi connectivity index (χ2n) is 4.86. The summed E-state index contributed by atoms with van der Waals surface area (Å²) in [5.74, 6) is -0.172. The minimum atomic E-state index is -0.172. The third kappa shape index (κ3) is 2.89. The van der Waals surface area contributed by atoms with E-state index in [-0.39, 0.29) is 11.9 Å². The quantitative estimate of drug-likeness (QED) is 0.731. The standard InChI is InChI=1S/C17H11N3O2S/c21-15-14(10-11-6-2-1-3-7-11)23-17(19-15)20-16-18-12-8-4-5-9-13(12)22-16/h1-10H,(H,18,19,20,21)/b14-10-. The summed E-state index contributed by atoms with van der Waals surface area (Å²) in [7, 11) is 0. The zero-order valence-corrected chi connectivity index (χ0v) is 12.7. The number of fused-ring (bicyclic) bond motifs is 1. The number of nitrogens with zero attached hydrogens (tertiary/aromatic N) is 2. The lowest BCUT2D eigenvalue weighted by Gasteiger charge is -1.93. The first-order valence-electron chi connectivity index (χ1n) is 6.98. The van der Waals surface area contributed by atoms with E-state index in [1.807, 2.05) is 60.7 Å². The maximum atomic E-state index is 12.0. The highest BCUT2D eigenvalue weighted by Gasteiger charge is 2.24. The predicted octanol–water partition coefficient (Wildman–Crippen LogP) is 3.72. The highest BCUT2D eigenvalue weighted by Crippen LogP contribution is 2.28. The Balaban J connectivity index is 1.61. The van der Waals surface area contributed by atoms with E-state index in [9.17, 15) is 4.79 Å². The van der Waals surface area contributed by atoms with Crippen molar-refractivity contribution < 1.29 is 9.21 Å². The summed E-state index contributed by atoms with van der Waals surface area (Å²) in [5, 5.41) is 3.18. The lowest BCUT2D eigenvalue weighted by molar-refractivity contribution is -0.115. The number of amidine groups is 1. The average molecular weight is 321 g/mol. The van der Waals surface area contributed by atoms with Crippen molar-refractivity contribution in [3.63, 3.8) is 0 Å². The van der Waals surface area contributed by atoms with Gasteiger partial charge in [-0.3, -0.25) is 4.79 Å². The molecule has 6 heteroatoms. The number of benzene rings is 2. The van der Waals surface area contributed by atoms with Gasteiger partial charge in [0.15, 0.2) is 10.8 Å². The Kier molecular flexibility index (Phi) is 3.44. The lowest BCUT2D eigenvalue weighted by atomic mass is 10.2. The van der Waals surface area contributed by atoms with Crippen LogP contribution in [0.3, 0.4) is 0 Å². The number of amides is 1. The Morgan fingerprint density at radius 2 is 1.87 bits per heavy atom. The molecule has 1 aromatic heterocycles. The third-order valence-electron chi connectivity index (χ3n) is 3.23. The van der Waals surface area contributed by atoms with Gasteiger partial charge >= 0.3 is 6.01 Å². The highest BCUT2D eigenvalue weighted by atomic mass is 32.2. The molecular weight excluding hydrogens is 310 g/mol. The van der Waals surface area contributed by atoms with Gasteiger partial charge in [-0.1, -0.05) is 42.5 Å². The summed E-state index contributed by atoms with van der Waals surface area (Å²) >= 11 is 1.27. The third-order valence-corrected chi connectivity index (χ3v) is 4.14. The van der Waals surface area contributed by atoms with Crippen LogP contribution < -0.4 is 5.32 Å². The molecule has 1 saturated heterocycles. The van der Waals surface area contributed by atoms with Gasteiger partial charge < -0.3 is 9.73 Å². The number of carbonyl (C=O) groups is 1. The maximum absolute atomic E-state index is 12.0. The second kappa shape index (κ2) is 5.73. The molecule has 1 fully saturated rings. The van der Waals surface area contributed by atoms with Crippen LogP contribution in [-0.2, 0) is 4.79 Å². The normalized spacial score (nSPS) is 18.0. The number of hydrogen-bond acceptors (Lipinski definition) is 5. The van der Waals surface area contributed by atoms with Crippen molar-refractivity contribution in [2.75, 3.05) is 0 Å². The molecule has 1 aliphatic heterocycles. The predicted molar refractivity (Wildman–Crippen MR) is 91.3 cm³/mol. The number of hydrogen-bond donors (Lipinski definition) is 1. The minimum absolute atomic E-state index is 0.172. The first kappa shape index (κ1) is 13.8. The molecule has 112 valence electrons. The van der Waals surface area contributed by atoms with Crippen LogP contribution in [0.5, 0.6) is 0 Å². The van der Waals surface area contributed by atoms with Crippen LogP contribution in [0.1, 0.15) is 5.56 Å². The SMILES string of the molecule is O=C1N/C(=N\c2nc3ccccc3o2)S/C1=C\c1ccccc1. The Labute approximate surface area is 136 Å². The number of aromatic nitrogens is 1. The number of carbonyl (C=O) groups excluding carboxylic acids is 1. The molecule has 1 amide bonds. The Morgan fingerprint density at radius 1 is 1.09 bits per heavy atom. The van der Waals surface area contributed by atoms with E-state index in [1.165, 1.54) is 11.8 Å². The van der Waals surface area contributed by atoms with Crippen molar-refractivity contribution in [3.8, 4) is 0 Å². The van der Waals surface area contributed by atoms with Crippen LogP contribution in [0.15, 0.2) is 68.9 Å². The largest absolute Gasteiger partial charge is 0.422 e. The molecule has 0 radical (unpaired) electrons. The molecule has 0 atom stereocenters. The number of aliphatic imine (C=N–C) groups is 1. The summed E-state index contributed by atoms with van der Waals surface area (Å²) in [6.07, 6.45) is 1.83. The van der Waals surface area contributed by atoms with Crippen LogP contribution in [0.2, 0.25) is 0 Å². The van der Waals surface area contributed by atoms with Crippen molar-refractivity contribution >= 4 is 46.0 Å². The molecule has 1 N–H and O–H groups in total. The molecule has 0 bridgehead atoms. The molecule has 23 heavy (non-hydrogen) atoms. The number of rotatable bonds is 2. The summed E-state index contributed by atoms with van der Waals surface area (Å²) in [6, 6.07) is 17.3. The first-order chi connectivity index (χ1) is 11.3. The van der Waals surface area contributed by atoms with Crippen LogP contribution in [-0.4, -0.2) is 16.1 Å². The van der Waals surface area contributed by atoms with Gasteiger partial charge in [0.2, 0.25) is 0 Å². The summed E-state index contributed by atoms with van der Waals surface area (Å²) in [6.45, 7) is 0. The van der Waals surface area contributed by atoms with Gasteiger partial charge in [0.05, 0.1) is 4.91 Å². The van der Waals surface area contributed by atoms with Crippen molar-refractivity contribution in [2.45, 2.75) is 0 Å². The summed E-state index contributed by atoms with van der Waals surface area (Å²) < 4.78 is 5.54. The van der Waals surface area contributed by atoms with E-state index >= 15 is 0 Å². The zero-order valence-electron chi connectivity index (χ0n) is 11.9. The Bertz CT molecular complexity index is 912. The molecule has 4 rings (SSSR count). The highest BCUT2D eigenvalue weighted by molar-refractivity contribution is 8.18. The van der Waals surface area contributed by atoms with E-state index < -0.39 is 0 Å². The molecule has 0 unspecified atom stereocenters. The van der Waals surface area contributed by atoms with Gasteiger partial charge in [-0.2, -0.15) is 9.98 Å². The van der Waals surface area contributed by atoms with E-state index in [4.69, 9.17) is 4.42 Å². The van der Waals surface area contributed by atoms with Crippen molar-refractivity contribution in [3.05, 3.63) is 65.1 Å². The zero-order chi connectivity index (χ0) is 15.6. The molecular formula is C17H11N3O2S. The van der Waals surface area contributed by atoms with Crippen LogP contribution in [0.4, 0.5) is 6.01 Å². The van der Waals surface area contributed by atoms with Gasteiger partial charge in [-0.25, -0.2) is 0 Å². The van der Waals surface area contributed by atoms with Gasteiger partial charge in [0.1, 0.15) is 5.52 Å². The summed E-state index contributed by atoms with van der Waals surface area (Å²) in [4.78, 5) is 21.1. The molecule has 2 aromatic carbocycles. The number of para-hydroxylation sites is 2. The first-order valence-corrected chi connectivity index (χ1v) is 7.80. The molecule has 0 saturated carbocycles. The molecule has 5 nitrogen and oxygen atoms in total. The van der Waals surface area contributed by atoms with Crippen LogP contribution >= 0.6 is 11.8 Å². The monoisotopic (exact) mass is 321 g/mol. The van der Waals surface area contributed by atoms with Crippen LogP contribution in [0, 0.1) is 0 Å².